The molecule has 3 rings (SSSR count). The summed E-state index contributed by atoms with van der Waals surface area (Å²) in [6, 6.07) is 11.8. The number of rotatable bonds is 7. The Morgan fingerprint density at radius 1 is 1.07 bits per heavy atom. The second kappa shape index (κ2) is 8.99. The standard InChI is InChI=1S/C19H25ClN4O2S/c1-2-27(25,26)21-13-14-7-9-15(10-8-14)22-19-12-11-18(23-24-19)16-5-3-4-6-17(16)20/h3-6,11-12,14-15,21H,2,7-10,13H2,1H3,(H,22,24)/t14-,15-. The maximum Gasteiger partial charge on any atom is 0.211 e. The van der Waals surface area contributed by atoms with Crippen LogP contribution in [0.2, 0.25) is 5.02 Å². The molecule has 0 amide bonds. The molecule has 0 radical (unpaired) electrons. The third-order valence-electron chi connectivity index (χ3n) is 4.99. The van der Waals surface area contributed by atoms with Crippen molar-refractivity contribution in [2.45, 2.75) is 38.6 Å². The average Bonchev–Trinajstić information content (AvgIpc) is 2.69. The summed E-state index contributed by atoms with van der Waals surface area (Å²) in [5.74, 6) is 1.28. The highest BCUT2D eigenvalue weighted by molar-refractivity contribution is 7.89. The molecule has 146 valence electrons. The van der Waals surface area contributed by atoms with E-state index in [0.29, 0.717) is 23.5 Å². The van der Waals surface area contributed by atoms with E-state index in [-0.39, 0.29) is 5.75 Å². The van der Waals surface area contributed by atoms with Gasteiger partial charge in [0.15, 0.2) is 0 Å². The largest absolute Gasteiger partial charge is 0.366 e. The van der Waals surface area contributed by atoms with Crippen molar-refractivity contribution in [3.63, 3.8) is 0 Å². The summed E-state index contributed by atoms with van der Waals surface area (Å²) in [6.45, 7) is 2.19. The number of anilines is 1. The van der Waals surface area contributed by atoms with Crippen molar-refractivity contribution < 1.29 is 8.42 Å². The lowest BCUT2D eigenvalue weighted by Crippen LogP contribution is -2.34. The highest BCUT2D eigenvalue weighted by Crippen LogP contribution is 2.28. The lowest BCUT2D eigenvalue weighted by atomic mass is 9.86. The molecule has 0 saturated heterocycles. The zero-order valence-electron chi connectivity index (χ0n) is 15.4. The maximum absolute atomic E-state index is 11.6. The van der Waals surface area contributed by atoms with Crippen molar-refractivity contribution >= 4 is 27.4 Å². The molecule has 1 aliphatic carbocycles. The second-order valence-corrected chi connectivity index (χ2v) is 9.40. The van der Waals surface area contributed by atoms with Crippen LogP contribution >= 0.6 is 11.6 Å². The van der Waals surface area contributed by atoms with E-state index in [0.717, 1.165) is 42.8 Å². The highest BCUT2D eigenvalue weighted by atomic mass is 35.5. The average molecular weight is 409 g/mol. The van der Waals surface area contributed by atoms with Crippen molar-refractivity contribution in [1.82, 2.24) is 14.9 Å². The minimum Gasteiger partial charge on any atom is -0.366 e. The number of benzene rings is 1. The molecule has 27 heavy (non-hydrogen) atoms. The van der Waals surface area contributed by atoms with Crippen LogP contribution in [0.4, 0.5) is 5.82 Å². The van der Waals surface area contributed by atoms with Gasteiger partial charge in [0.25, 0.3) is 0 Å². The predicted molar refractivity (Wildman–Crippen MR) is 109 cm³/mol. The van der Waals surface area contributed by atoms with Crippen LogP contribution < -0.4 is 10.0 Å². The van der Waals surface area contributed by atoms with Crippen LogP contribution in [-0.4, -0.2) is 37.0 Å². The number of halogens is 1. The lowest BCUT2D eigenvalue weighted by molar-refractivity contribution is 0.337. The predicted octanol–water partition coefficient (Wildman–Crippen LogP) is 3.71. The van der Waals surface area contributed by atoms with Crippen LogP contribution in [0, 0.1) is 5.92 Å². The molecule has 0 atom stereocenters. The highest BCUT2D eigenvalue weighted by Gasteiger charge is 2.22. The first-order valence-electron chi connectivity index (χ1n) is 9.29. The normalized spacial score (nSPS) is 20.4. The summed E-state index contributed by atoms with van der Waals surface area (Å²) in [7, 11) is -3.10. The molecule has 8 heteroatoms. The SMILES string of the molecule is CCS(=O)(=O)NC[C@H]1CC[C@H](Nc2ccc(-c3ccccc3Cl)nn2)CC1. The third kappa shape index (κ3) is 5.64. The molecular weight excluding hydrogens is 384 g/mol. The monoisotopic (exact) mass is 408 g/mol. The summed E-state index contributed by atoms with van der Waals surface area (Å²) in [4.78, 5) is 0. The van der Waals surface area contributed by atoms with E-state index in [1.165, 1.54) is 0 Å². The van der Waals surface area contributed by atoms with Crippen LogP contribution in [0.5, 0.6) is 0 Å². The van der Waals surface area contributed by atoms with Gasteiger partial charge >= 0.3 is 0 Å². The molecule has 0 spiro atoms. The third-order valence-corrected chi connectivity index (χ3v) is 6.68. The molecule has 0 unspecified atom stereocenters. The minimum atomic E-state index is -3.10. The number of hydrogen-bond acceptors (Lipinski definition) is 5. The lowest BCUT2D eigenvalue weighted by Gasteiger charge is -2.29. The summed E-state index contributed by atoms with van der Waals surface area (Å²) < 4.78 is 25.8. The summed E-state index contributed by atoms with van der Waals surface area (Å²) in [5, 5.41) is 12.6. The topological polar surface area (TPSA) is 84.0 Å². The van der Waals surface area contributed by atoms with E-state index < -0.39 is 10.0 Å². The Labute approximate surface area is 165 Å². The molecule has 6 nitrogen and oxygen atoms in total. The van der Waals surface area contributed by atoms with E-state index in [9.17, 15) is 8.42 Å². The van der Waals surface area contributed by atoms with Gasteiger partial charge in [0, 0.05) is 18.2 Å². The van der Waals surface area contributed by atoms with Gasteiger partial charge in [-0.25, -0.2) is 13.1 Å². The van der Waals surface area contributed by atoms with Crippen LogP contribution in [0.3, 0.4) is 0 Å². The molecular formula is C19H25ClN4O2S. The van der Waals surface area contributed by atoms with Crippen molar-refractivity contribution in [1.29, 1.82) is 0 Å². The molecule has 1 heterocycles. The van der Waals surface area contributed by atoms with Crippen molar-refractivity contribution in [3.8, 4) is 11.3 Å². The van der Waals surface area contributed by atoms with Gasteiger partial charge in [0.05, 0.1) is 16.5 Å². The van der Waals surface area contributed by atoms with Gasteiger partial charge in [0.1, 0.15) is 5.82 Å². The van der Waals surface area contributed by atoms with Gasteiger partial charge in [-0.2, -0.15) is 0 Å². The first kappa shape index (κ1) is 20.0. The fourth-order valence-electron chi connectivity index (χ4n) is 3.29. The van der Waals surface area contributed by atoms with Crippen molar-refractivity contribution in [2.24, 2.45) is 5.92 Å². The van der Waals surface area contributed by atoms with Gasteiger partial charge in [-0.1, -0.05) is 29.8 Å². The number of hydrogen-bond donors (Lipinski definition) is 2. The van der Waals surface area contributed by atoms with Gasteiger partial charge in [0.2, 0.25) is 10.0 Å². The summed E-state index contributed by atoms with van der Waals surface area (Å²) >= 11 is 6.20. The fourth-order valence-corrected chi connectivity index (χ4v) is 4.22. The van der Waals surface area contributed by atoms with Gasteiger partial charge < -0.3 is 5.32 Å². The quantitative estimate of drug-likeness (QED) is 0.729. The molecule has 1 fully saturated rings. The number of nitrogens with zero attached hydrogens (tertiary/aromatic N) is 2. The zero-order valence-corrected chi connectivity index (χ0v) is 16.9. The zero-order chi connectivity index (χ0) is 19.3. The molecule has 0 bridgehead atoms. The molecule has 1 saturated carbocycles. The maximum atomic E-state index is 11.6. The summed E-state index contributed by atoms with van der Waals surface area (Å²) in [6.07, 6.45) is 3.98. The Morgan fingerprint density at radius 2 is 1.81 bits per heavy atom. The molecule has 1 aromatic heterocycles. The Bertz CT molecular complexity index is 850. The van der Waals surface area contributed by atoms with Crippen LogP contribution in [-0.2, 0) is 10.0 Å². The van der Waals surface area contributed by atoms with E-state index in [1.54, 1.807) is 6.92 Å². The molecule has 1 aliphatic rings. The first-order valence-corrected chi connectivity index (χ1v) is 11.3. The van der Waals surface area contributed by atoms with Crippen molar-refractivity contribution in [2.75, 3.05) is 17.6 Å². The van der Waals surface area contributed by atoms with Crippen molar-refractivity contribution in [3.05, 3.63) is 41.4 Å². The molecule has 1 aromatic carbocycles. The smallest absolute Gasteiger partial charge is 0.211 e. The van der Waals surface area contributed by atoms with Crippen LogP contribution in [0.1, 0.15) is 32.6 Å². The van der Waals surface area contributed by atoms with Gasteiger partial charge in [-0.05, 0) is 56.7 Å². The summed E-state index contributed by atoms with van der Waals surface area (Å²) in [5.41, 5.74) is 1.62. The Hall–Kier alpha value is -1.70. The van der Waals surface area contributed by atoms with Crippen LogP contribution in [0.25, 0.3) is 11.3 Å². The van der Waals surface area contributed by atoms with E-state index in [2.05, 4.69) is 20.2 Å². The molecule has 2 N–H and O–H groups in total. The Balaban J connectivity index is 1.50. The van der Waals surface area contributed by atoms with Gasteiger partial charge in [-0.3, -0.25) is 0 Å². The fraction of sp³-hybridized carbons (Fsp3) is 0.474. The van der Waals surface area contributed by atoms with Crippen LogP contribution in [0.15, 0.2) is 36.4 Å². The van der Waals surface area contributed by atoms with E-state index in [4.69, 9.17) is 11.6 Å². The first-order chi connectivity index (χ1) is 13.0. The number of aromatic nitrogens is 2. The minimum absolute atomic E-state index is 0.132. The van der Waals surface area contributed by atoms with Gasteiger partial charge in [-0.15, -0.1) is 10.2 Å². The van der Waals surface area contributed by atoms with E-state index >= 15 is 0 Å². The van der Waals surface area contributed by atoms with E-state index in [1.807, 2.05) is 36.4 Å². The Kier molecular flexibility index (Phi) is 6.68. The Morgan fingerprint density at radius 3 is 2.44 bits per heavy atom. The second-order valence-electron chi connectivity index (χ2n) is 6.90. The molecule has 0 aliphatic heterocycles. The number of sulfonamides is 1. The molecule has 2 aromatic rings. The number of nitrogens with one attached hydrogen (secondary N) is 2.